The Morgan fingerprint density at radius 3 is 2.37 bits per heavy atom. The van der Waals surface area contributed by atoms with E-state index in [9.17, 15) is 14.0 Å². The Hall–Kier alpha value is -3.48. The van der Waals surface area contributed by atoms with Crippen LogP contribution in [0.15, 0.2) is 54.2 Å². The molecule has 2 aromatic rings. The monoisotopic (exact) mass is 411 g/mol. The van der Waals surface area contributed by atoms with Crippen LogP contribution in [0.25, 0.3) is 5.57 Å². The van der Waals surface area contributed by atoms with Crippen molar-refractivity contribution in [1.82, 2.24) is 10.6 Å². The number of rotatable bonds is 9. The minimum absolute atomic E-state index is 0.00433. The van der Waals surface area contributed by atoms with Crippen molar-refractivity contribution in [3.63, 3.8) is 0 Å². The molecule has 0 aromatic heterocycles. The smallest absolute Gasteiger partial charge is 0.307 e. The summed E-state index contributed by atoms with van der Waals surface area (Å²) in [4.78, 5) is 24.3. The van der Waals surface area contributed by atoms with E-state index in [1.165, 1.54) is 12.1 Å². The summed E-state index contributed by atoms with van der Waals surface area (Å²) in [5.74, 6) is -1.52. The molecule has 1 amide bonds. The topological polar surface area (TPSA) is 91.3 Å². The zero-order valence-electron chi connectivity index (χ0n) is 17.3. The predicted molar refractivity (Wildman–Crippen MR) is 115 cm³/mol. The molecule has 158 valence electrons. The Morgan fingerprint density at radius 1 is 1.07 bits per heavy atom. The van der Waals surface area contributed by atoms with Gasteiger partial charge in [-0.3, -0.25) is 9.59 Å². The number of carbonyl (C=O) groups is 2. The van der Waals surface area contributed by atoms with Crippen molar-refractivity contribution < 1.29 is 18.7 Å². The molecule has 0 bridgehead atoms. The van der Waals surface area contributed by atoms with Gasteiger partial charge in [0.1, 0.15) is 12.4 Å². The molecule has 0 saturated carbocycles. The van der Waals surface area contributed by atoms with Crippen molar-refractivity contribution in [3.8, 4) is 0 Å². The van der Waals surface area contributed by atoms with E-state index in [0.29, 0.717) is 16.8 Å². The van der Waals surface area contributed by atoms with Crippen LogP contribution in [0.1, 0.15) is 41.8 Å². The van der Waals surface area contributed by atoms with Gasteiger partial charge < -0.3 is 20.8 Å². The second kappa shape index (κ2) is 10.9. The Balaban J connectivity index is 1.97. The lowest BCUT2D eigenvalue weighted by Gasteiger charge is -2.13. The van der Waals surface area contributed by atoms with Crippen LogP contribution in [-0.2, 0) is 16.1 Å². The molecule has 2 rings (SSSR count). The van der Waals surface area contributed by atoms with Crippen LogP contribution in [0, 0.1) is 11.2 Å². The number of carbonyl (C=O) groups excluding carboxylic acids is 2. The molecule has 0 aliphatic heterocycles. The molecule has 0 aliphatic carbocycles. The Bertz CT molecular complexity index is 955. The van der Waals surface area contributed by atoms with Gasteiger partial charge in [0.2, 0.25) is 0 Å². The summed E-state index contributed by atoms with van der Waals surface area (Å²) in [6, 6.07) is 13.2. The van der Waals surface area contributed by atoms with E-state index in [4.69, 9.17) is 10.1 Å². The highest BCUT2D eigenvalue weighted by Crippen LogP contribution is 2.22. The van der Waals surface area contributed by atoms with Gasteiger partial charge in [0.15, 0.2) is 0 Å². The number of benzene rings is 2. The van der Waals surface area contributed by atoms with E-state index in [1.807, 2.05) is 30.3 Å². The summed E-state index contributed by atoms with van der Waals surface area (Å²) in [6.07, 6.45) is 0.00433. The van der Waals surface area contributed by atoms with Crippen molar-refractivity contribution in [1.29, 1.82) is 5.41 Å². The quantitative estimate of drug-likeness (QED) is 0.434. The van der Waals surface area contributed by atoms with E-state index in [1.54, 1.807) is 20.9 Å². The van der Waals surface area contributed by atoms with Crippen molar-refractivity contribution in [3.05, 3.63) is 76.7 Å². The lowest BCUT2D eigenvalue weighted by atomic mass is 9.97. The van der Waals surface area contributed by atoms with E-state index in [0.717, 1.165) is 11.6 Å². The largest absolute Gasteiger partial charge is 0.461 e. The summed E-state index contributed by atoms with van der Waals surface area (Å²) in [6.45, 7) is 3.62. The predicted octanol–water partition coefficient (Wildman–Crippen LogP) is 3.68. The fourth-order valence-corrected chi connectivity index (χ4v) is 2.89. The molecule has 0 radical (unpaired) electrons. The summed E-state index contributed by atoms with van der Waals surface area (Å²) in [7, 11) is 1.71. The molecule has 0 atom stereocenters. The van der Waals surface area contributed by atoms with Crippen molar-refractivity contribution in [2.45, 2.75) is 26.9 Å². The number of nitrogens with one attached hydrogen (secondary N) is 3. The van der Waals surface area contributed by atoms with E-state index >= 15 is 0 Å². The first kappa shape index (κ1) is 22.8. The molecular formula is C23H26FN3O3. The van der Waals surface area contributed by atoms with Gasteiger partial charge >= 0.3 is 5.97 Å². The molecular weight excluding hydrogens is 385 g/mol. The molecule has 7 heteroatoms. The maximum atomic E-state index is 14.1. The molecule has 0 spiro atoms. The van der Waals surface area contributed by atoms with E-state index in [-0.39, 0.29) is 30.8 Å². The Labute approximate surface area is 175 Å². The van der Waals surface area contributed by atoms with Gasteiger partial charge in [0.25, 0.3) is 5.91 Å². The first-order chi connectivity index (χ1) is 14.3. The minimum atomic E-state index is -0.581. The van der Waals surface area contributed by atoms with Crippen molar-refractivity contribution >= 4 is 23.2 Å². The maximum Gasteiger partial charge on any atom is 0.307 e. The molecule has 0 aliphatic rings. The van der Waals surface area contributed by atoms with Gasteiger partial charge in [-0.05, 0) is 43.2 Å². The second-order valence-corrected chi connectivity index (χ2v) is 6.76. The fourth-order valence-electron chi connectivity index (χ4n) is 2.89. The number of esters is 1. The van der Waals surface area contributed by atoms with E-state index < -0.39 is 17.7 Å². The zero-order chi connectivity index (χ0) is 22.1. The SMILES string of the molecule is CN/C(C)=C(\C(C)=N)c1cc(F)cc(C(=O)NCCC(=O)OCc2ccccc2)c1. The third kappa shape index (κ3) is 6.55. The normalized spacial score (nSPS) is 11.3. The summed E-state index contributed by atoms with van der Waals surface area (Å²) in [5.41, 5.74) is 2.90. The van der Waals surface area contributed by atoms with Gasteiger partial charge in [-0.1, -0.05) is 30.3 Å². The van der Waals surface area contributed by atoms with Crippen LogP contribution >= 0.6 is 0 Å². The maximum absolute atomic E-state index is 14.1. The van der Waals surface area contributed by atoms with Gasteiger partial charge in [0.05, 0.1) is 6.42 Å². The Kier molecular flexibility index (Phi) is 8.29. The molecule has 0 fully saturated rings. The first-order valence-electron chi connectivity index (χ1n) is 9.54. The van der Waals surface area contributed by atoms with Crippen LogP contribution < -0.4 is 10.6 Å². The summed E-state index contributed by atoms with van der Waals surface area (Å²) in [5, 5.41) is 13.5. The average molecular weight is 411 g/mol. The van der Waals surface area contributed by atoms with Crippen molar-refractivity contribution in [2.75, 3.05) is 13.6 Å². The third-order valence-corrected chi connectivity index (χ3v) is 4.43. The van der Waals surface area contributed by atoms with Crippen LogP contribution in [0.3, 0.4) is 0 Å². The second-order valence-electron chi connectivity index (χ2n) is 6.76. The summed E-state index contributed by atoms with van der Waals surface area (Å²) >= 11 is 0. The number of allylic oxidation sites excluding steroid dienone is 2. The van der Waals surface area contributed by atoms with Gasteiger partial charge in [-0.25, -0.2) is 4.39 Å². The number of hydrogen-bond acceptors (Lipinski definition) is 5. The fraction of sp³-hybridized carbons (Fsp3) is 0.261. The van der Waals surface area contributed by atoms with Crippen molar-refractivity contribution in [2.24, 2.45) is 0 Å². The van der Waals surface area contributed by atoms with Gasteiger partial charge in [0, 0.05) is 36.1 Å². The van der Waals surface area contributed by atoms with Gasteiger partial charge in [-0.15, -0.1) is 0 Å². The lowest BCUT2D eigenvalue weighted by Crippen LogP contribution is -2.26. The number of halogens is 1. The Morgan fingerprint density at radius 2 is 1.73 bits per heavy atom. The average Bonchev–Trinajstić information content (AvgIpc) is 2.72. The standard InChI is InChI=1S/C23H26FN3O3/c1-15(25)22(16(2)26-3)18-11-19(13-20(24)12-18)23(29)27-10-9-21(28)30-14-17-7-5-4-6-8-17/h4-8,11-13,25-26H,9-10,14H2,1-3H3,(H,27,29)/b22-16+,25-15?. The van der Waals surface area contributed by atoms with Crippen LogP contribution in [0.5, 0.6) is 0 Å². The van der Waals surface area contributed by atoms with Gasteiger partial charge in [-0.2, -0.15) is 0 Å². The highest BCUT2D eigenvalue weighted by Gasteiger charge is 2.14. The molecule has 3 N–H and O–H groups in total. The highest BCUT2D eigenvalue weighted by molar-refractivity contribution is 6.22. The first-order valence-corrected chi connectivity index (χ1v) is 9.54. The molecule has 0 heterocycles. The van der Waals surface area contributed by atoms with Crippen LogP contribution in [-0.4, -0.2) is 31.2 Å². The van der Waals surface area contributed by atoms with Crippen LogP contribution in [0.4, 0.5) is 4.39 Å². The number of hydrogen-bond donors (Lipinski definition) is 3. The molecule has 2 aromatic carbocycles. The zero-order valence-corrected chi connectivity index (χ0v) is 17.3. The molecule has 6 nitrogen and oxygen atoms in total. The number of amides is 1. The lowest BCUT2D eigenvalue weighted by molar-refractivity contribution is -0.144. The highest BCUT2D eigenvalue weighted by atomic mass is 19.1. The van der Waals surface area contributed by atoms with Crippen LogP contribution in [0.2, 0.25) is 0 Å². The minimum Gasteiger partial charge on any atom is -0.461 e. The molecule has 0 unspecified atom stereocenters. The number of ether oxygens (including phenoxy) is 1. The molecule has 30 heavy (non-hydrogen) atoms. The summed E-state index contributed by atoms with van der Waals surface area (Å²) < 4.78 is 19.3. The molecule has 0 saturated heterocycles. The van der Waals surface area contributed by atoms with E-state index in [2.05, 4.69) is 10.6 Å². The third-order valence-electron chi connectivity index (χ3n) is 4.43.